The van der Waals surface area contributed by atoms with Crippen LogP contribution >= 0.6 is 0 Å². The largest absolute Gasteiger partial charge is 0.308 e. The van der Waals surface area contributed by atoms with E-state index < -0.39 is 0 Å². The molecule has 0 aliphatic rings. The highest BCUT2D eigenvalue weighted by Gasteiger charge is 2.16. The van der Waals surface area contributed by atoms with E-state index in [2.05, 4.69) is 59.5 Å². The molecule has 0 saturated carbocycles. The van der Waals surface area contributed by atoms with Crippen molar-refractivity contribution in [2.75, 3.05) is 7.05 Å². The van der Waals surface area contributed by atoms with Gasteiger partial charge in [0.25, 0.3) is 0 Å². The van der Waals surface area contributed by atoms with Gasteiger partial charge in [-0.15, -0.1) is 0 Å². The Bertz CT molecular complexity index is 780. The molecule has 0 bridgehead atoms. The van der Waals surface area contributed by atoms with E-state index >= 15 is 0 Å². The van der Waals surface area contributed by atoms with Crippen LogP contribution in [0.15, 0.2) is 48.8 Å². The lowest BCUT2D eigenvalue weighted by Gasteiger charge is -2.19. The van der Waals surface area contributed by atoms with Gasteiger partial charge >= 0.3 is 0 Å². The van der Waals surface area contributed by atoms with E-state index in [-0.39, 0.29) is 6.04 Å². The average molecular weight is 277 g/mol. The lowest BCUT2D eigenvalue weighted by atomic mass is 9.98. The van der Waals surface area contributed by atoms with Crippen LogP contribution in [0.25, 0.3) is 10.9 Å². The highest BCUT2D eigenvalue weighted by molar-refractivity contribution is 5.79. The third-order valence-electron chi connectivity index (χ3n) is 3.78. The summed E-state index contributed by atoms with van der Waals surface area (Å²) in [4.78, 5) is 9.00. The van der Waals surface area contributed by atoms with Crippen molar-refractivity contribution in [2.45, 2.75) is 19.9 Å². The maximum Gasteiger partial charge on any atom is 0.0751 e. The van der Waals surface area contributed by atoms with Crippen molar-refractivity contribution in [3.05, 3.63) is 71.2 Å². The molecule has 0 aliphatic carbocycles. The molecule has 21 heavy (non-hydrogen) atoms. The Hall–Kier alpha value is -2.26. The Morgan fingerprint density at radius 3 is 2.67 bits per heavy atom. The van der Waals surface area contributed by atoms with Crippen LogP contribution in [0.4, 0.5) is 0 Å². The van der Waals surface area contributed by atoms with E-state index in [1.807, 2.05) is 25.5 Å². The number of pyridine rings is 2. The highest BCUT2D eigenvalue weighted by Crippen LogP contribution is 2.25. The normalized spacial score (nSPS) is 12.5. The van der Waals surface area contributed by atoms with Crippen molar-refractivity contribution in [3.63, 3.8) is 0 Å². The van der Waals surface area contributed by atoms with Gasteiger partial charge in [0.1, 0.15) is 0 Å². The fourth-order valence-electron chi connectivity index (χ4n) is 2.76. The number of nitrogens with one attached hydrogen (secondary N) is 1. The molecule has 1 atom stereocenters. The first kappa shape index (κ1) is 13.7. The van der Waals surface area contributed by atoms with Gasteiger partial charge in [-0.3, -0.25) is 9.97 Å². The summed E-state index contributed by atoms with van der Waals surface area (Å²) in [5.41, 5.74) is 5.70. The van der Waals surface area contributed by atoms with Crippen molar-refractivity contribution in [3.8, 4) is 0 Å². The number of aromatic nitrogens is 2. The molecule has 0 amide bonds. The van der Waals surface area contributed by atoms with E-state index in [4.69, 9.17) is 0 Å². The Kier molecular flexibility index (Phi) is 3.67. The summed E-state index contributed by atoms with van der Waals surface area (Å²) in [6, 6.07) is 12.7. The van der Waals surface area contributed by atoms with E-state index in [0.717, 1.165) is 16.6 Å². The van der Waals surface area contributed by atoms with Gasteiger partial charge in [-0.25, -0.2) is 0 Å². The summed E-state index contributed by atoms with van der Waals surface area (Å²) in [5.74, 6) is 0. The molecule has 0 fully saturated rings. The van der Waals surface area contributed by atoms with Crippen LogP contribution in [0.5, 0.6) is 0 Å². The van der Waals surface area contributed by atoms with Crippen molar-refractivity contribution in [1.82, 2.24) is 15.3 Å². The third kappa shape index (κ3) is 2.65. The van der Waals surface area contributed by atoms with Gasteiger partial charge in [0.05, 0.1) is 17.3 Å². The zero-order valence-electron chi connectivity index (χ0n) is 12.6. The SMILES string of the molecule is CNC(c1ccc2ncccc2c1)c1ncc(C)cc1C. The number of hydrogen-bond donors (Lipinski definition) is 1. The molecule has 106 valence electrons. The summed E-state index contributed by atoms with van der Waals surface area (Å²) in [6.07, 6.45) is 3.75. The first-order chi connectivity index (χ1) is 10.2. The summed E-state index contributed by atoms with van der Waals surface area (Å²) < 4.78 is 0. The van der Waals surface area contributed by atoms with Crippen molar-refractivity contribution in [1.29, 1.82) is 0 Å². The minimum atomic E-state index is 0.0928. The van der Waals surface area contributed by atoms with Crippen LogP contribution in [0.2, 0.25) is 0 Å². The Labute approximate surface area is 125 Å². The Morgan fingerprint density at radius 2 is 1.90 bits per heavy atom. The number of benzene rings is 1. The van der Waals surface area contributed by atoms with E-state index in [1.54, 1.807) is 0 Å². The lowest BCUT2D eigenvalue weighted by Crippen LogP contribution is -2.20. The van der Waals surface area contributed by atoms with Crippen molar-refractivity contribution < 1.29 is 0 Å². The van der Waals surface area contributed by atoms with Gasteiger partial charge in [0.15, 0.2) is 0 Å². The second-order valence-electron chi connectivity index (χ2n) is 5.39. The monoisotopic (exact) mass is 277 g/mol. The first-order valence-corrected chi connectivity index (χ1v) is 7.14. The van der Waals surface area contributed by atoms with Crippen LogP contribution in [0, 0.1) is 13.8 Å². The second kappa shape index (κ2) is 5.62. The zero-order valence-corrected chi connectivity index (χ0v) is 12.6. The highest BCUT2D eigenvalue weighted by atomic mass is 14.9. The van der Waals surface area contributed by atoms with Crippen molar-refractivity contribution >= 4 is 10.9 Å². The molecular weight excluding hydrogens is 258 g/mol. The molecule has 0 radical (unpaired) electrons. The molecule has 0 aliphatic heterocycles. The predicted molar refractivity (Wildman–Crippen MR) is 86.4 cm³/mol. The molecule has 0 saturated heterocycles. The van der Waals surface area contributed by atoms with Crippen LogP contribution in [-0.4, -0.2) is 17.0 Å². The van der Waals surface area contributed by atoms with E-state index in [9.17, 15) is 0 Å². The average Bonchev–Trinajstić information content (AvgIpc) is 2.50. The fraction of sp³-hybridized carbons (Fsp3) is 0.222. The summed E-state index contributed by atoms with van der Waals surface area (Å²) in [7, 11) is 1.97. The summed E-state index contributed by atoms with van der Waals surface area (Å²) in [6.45, 7) is 4.18. The topological polar surface area (TPSA) is 37.8 Å². The molecule has 3 nitrogen and oxygen atoms in total. The maximum absolute atomic E-state index is 4.63. The molecule has 2 aromatic heterocycles. The van der Waals surface area contributed by atoms with Crippen molar-refractivity contribution in [2.24, 2.45) is 0 Å². The second-order valence-corrected chi connectivity index (χ2v) is 5.39. The number of hydrogen-bond acceptors (Lipinski definition) is 3. The van der Waals surface area contributed by atoms with Gasteiger partial charge in [0.2, 0.25) is 0 Å². The minimum Gasteiger partial charge on any atom is -0.308 e. The quantitative estimate of drug-likeness (QED) is 0.795. The minimum absolute atomic E-state index is 0.0928. The number of fused-ring (bicyclic) bond motifs is 1. The maximum atomic E-state index is 4.63. The van der Waals surface area contributed by atoms with Gasteiger partial charge in [-0.05, 0) is 55.8 Å². The van der Waals surface area contributed by atoms with Gasteiger partial charge in [0, 0.05) is 17.8 Å². The molecule has 2 heterocycles. The van der Waals surface area contributed by atoms with Crippen LogP contribution in [-0.2, 0) is 0 Å². The lowest BCUT2D eigenvalue weighted by molar-refractivity contribution is 0.666. The molecular formula is C18H19N3. The van der Waals surface area contributed by atoms with Crippen LogP contribution < -0.4 is 5.32 Å². The summed E-state index contributed by atoms with van der Waals surface area (Å²) in [5, 5.41) is 4.53. The smallest absolute Gasteiger partial charge is 0.0751 e. The van der Waals surface area contributed by atoms with Gasteiger partial charge in [-0.1, -0.05) is 18.2 Å². The molecule has 1 unspecified atom stereocenters. The summed E-state index contributed by atoms with van der Waals surface area (Å²) >= 11 is 0. The zero-order chi connectivity index (χ0) is 14.8. The molecule has 3 rings (SSSR count). The third-order valence-corrected chi connectivity index (χ3v) is 3.78. The molecule has 1 aromatic carbocycles. The molecule has 3 aromatic rings. The first-order valence-electron chi connectivity index (χ1n) is 7.14. The predicted octanol–water partition coefficient (Wildman–Crippen LogP) is 3.56. The van der Waals surface area contributed by atoms with Crippen LogP contribution in [0.3, 0.4) is 0 Å². The standard InChI is InChI=1S/C18H19N3/c1-12-9-13(2)17(21-11-12)18(19-3)15-6-7-16-14(10-15)5-4-8-20-16/h4-11,18-19H,1-3H3. The number of nitrogens with zero attached hydrogens (tertiary/aromatic N) is 2. The van der Waals surface area contributed by atoms with Gasteiger partial charge in [-0.2, -0.15) is 0 Å². The van der Waals surface area contributed by atoms with E-state index in [1.165, 1.54) is 16.7 Å². The van der Waals surface area contributed by atoms with Gasteiger partial charge < -0.3 is 5.32 Å². The molecule has 3 heteroatoms. The Morgan fingerprint density at radius 1 is 1.05 bits per heavy atom. The van der Waals surface area contributed by atoms with Crippen LogP contribution in [0.1, 0.15) is 28.4 Å². The number of aryl methyl sites for hydroxylation is 2. The molecule has 1 N–H and O–H groups in total. The molecule has 0 spiro atoms. The van der Waals surface area contributed by atoms with E-state index in [0.29, 0.717) is 0 Å². The Balaban J connectivity index is 2.09. The number of rotatable bonds is 3. The fourth-order valence-corrected chi connectivity index (χ4v) is 2.76.